The molecule has 1 aromatic heterocycles. The summed E-state index contributed by atoms with van der Waals surface area (Å²) in [5.41, 5.74) is 6.42. The molecule has 0 aliphatic heterocycles. The number of anilines is 1. The van der Waals surface area contributed by atoms with Crippen LogP contribution in [0.15, 0.2) is 29.4 Å². The van der Waals surface area contributed by atoms with Crippen molar-refractivity contribution in [1.82, 2.24) is 9.55 Å². The third-order valence-corrected chi connectivity index (χ3v) is 3.78. The molecule has 0 aliphatic rings. The number of nitriles is 2. The molecule has 1 heterocycles. The van der Waals surface area contributed by atoms with E-state index in [0.29, 0.717) is 5.69 Å². The van der Waals surface area contributed by atoms with E-state index < -0.39 is 9.84 Å². The maximum absolute atomic E-state index is 11.4. The van der Waals surface area contributed by atoms with Crippen molar-refractivity contribution in [2.24, 2.45) is 0 Å². The van der Waals surface area contributed by atoms with E-state index in [1.807, 2.05) is 6.07 Å². The molecular weight excluding hydrogens is 278 g/mol. The third kappa shape index (κ3) is 2.20. The van der Waals surface area contributed by atoms with E-state index in [-0.39, 0.29) is 22.0 Å². The van der Waals surface area contributed by atoms with Gasteiger partial charge in [0.1, 0.15) is 18.5 Å². The van der Waals surface area contributed by atoms with Crippen molar-refractivity contribution < 1.29 is 8.42 Å². The van der Waals surface area contributed by atoms with Crippen molar-refractivity contribution in [2.45, 2.75) is 4.90 Å². The van der Waals surface area contributed by atoms with Crippen LogP contribution in [-0.4, -0.2) is 24.2 Å². The number of rotatable bonds is 2. The van der Waals surface area contributed by atoms with Crippen LogP contribution < -0.4 is 5.73 Å². The highest BCUT2D eigenvalue weighted by Crippen LogP contribution is 2.23. The fourth-order valence-electron chi connectivity index (χ4n) is 1.70. The molecule has 2 N–H and O–H groups in total. The molecule has 8 heteroatoms. The Morgan fingerprint density at radius 3 is 2.50 bits per heavy atom. The van der Waals surface area contributed by atoms with E-state index in [2.05, 4.69) is 4.98 Å². The Hall–Kier alpha value is -2.84. The Balaban J connectivity index is 2.65. The Bertz CT molecular complexity index is 868. The summed E-state index contributed by atoms with van der Waals surface area (Å²) in [4.78, 5) is 3.88. The lowest BCUT2D eigenvalue weighted by molar-refractivity contribution is 0.602. The average molecular weight is 287 g/mol. The highest BCUT2D eigenvalue weighted by atomic mass is 32.2. The van der Waals surface area contributed by atoms with Crippen molar-refractivity contribution in [1.29, 1.82) is 10.5 Å². The molecule has 0 radical (unpaired) electrons. The first-order valence-corrected chi connectivity index (χ1v) is 7.25. The van der Waals surface area contributed by atoms with E-state index in [0.717, 1.165) is 6.26 Å². The first-order chi connectivity index (χ1) is 9.38. The van der Waals surface area contributed by atoms with Crippen molar-refractivity contribution in [3.63, 3.8) is 0 Å². The summed E-state index contributed by atoms with van der Waals surface area (Å²) in [6.07, 6.45) is 2.37. The van der Waals surface area contributed by atoms with Crippen LogP contribution in [0.5, 0.6) is 0 Å². The van der Waals surface area contributed by atoms with Crippen LogP contribution in [-0.2, 0) is 9.84 Å². The fraction of sp³-hybridized carbons (Fsp3) is 0.0833. The van der Waals surface area contributed by atoms with E-state index in [4.69, 9.17) is 16.3 Å². The van der Waals surface area contributed by atoms with Gasteiger partial charge in [0.25, 0.3) is 0 Å². The lowest BCUT2D eigenvalue weighted by Gasteiger charge is -2.09. The molecule has 7 nitrogen and oxygen atoms in total. The van der Waals surface area contributed by atoms with Crippen LogP contribution >= 0.6 is 0 Å². The first-order valence-electron chi connectivity index (χ1n) is 5.36. The molecule has 0 saturated carbocycles. The van der Waals surface area contributed by atoms with Crippen LogP contribution in [0.4, 0.5) is 5.69 Å². The van der Waals surface area contributed by atoms with Gasteiger partial charge in [0, 0.05) is 6.26 Å². The molecule has 0 saturated heterocycles. The number of sulfone groups is 1. The van der Waals surface area contributed by atoms with Crippen molar-refractivity contribution in [3.05, 3.63) is 35.9 Å². The molecule has 0 spiro atoms. The largest absolute Gasteiger partial charge is 0.397 e. The summed E-state index contributed by atoms with van der Waals surface area (Å²) in [6.45, 7) is 0. The van der Waals surface area contributed by atoms with Gasteiger partial charge in [-0.2, -0.15) is 10.5 Å². The Labute approximate surface area is 115 Å². The number of imidazole rings is 1. The molecule has 1 aromatic carbocycles. The number of aromatic nitrogens is 2. The Morgan fingerprint density at radius 1 is 1.30 bits per heavy atom. The predicted octanol–water partition coefficient (Wildman–Crippen LogP) is 0.601. The molecule has 0 amide bonds. The van der Waals surface area contributed by atoms with E-state index in [1.165, 1.54) is 29.1 Å². The number of nitrogens with two attached hydrogens (primary N) is 1. The molecular formula is C12H9N5O2S. The van der Waals surface area contributed by atoms with Gasteiger partial charge in [0.2, 0.25) is 0 Å². The normalized spacial score (nSPS) is 10.8. The summed E-state index contributed by atoms with van der Waals surface area (Å²) in [6, 6.07) is 7.82. The molecule has 2 rings (SSSR count). The maximum Gasteiger partial charge on any atom is 0.177 e. The van der Waals surface area contributed by atoms with E-state index >= 15 is 0 Å². The second kappa shape index (κ2) is 4.68. The van der Waals surface area contributed by atoms with Gasteiger partial charge in [0.15, 0.2) is 21.2 Å². The molecule has 0 unspecified atom stereocenters. The zero-order valence-electron chi connectivity index (χ0n) is 10.4. The van der Waals surface area contributed by atoms with Gasteiger partial charge in [-0.25, -0.2) is 13.4 Å². The van der Waals surface area contributed by atoms with E-state index in [9.17, 15) is 8.42 Å². The third-order valence-electron chi connectivity index (χ3n) is 2.67. The monoisotopic (exact) mass is 287 g/mol. The smallest absolute Gasteiger partial charge is 0.177 e. The van der Waals surface area contributed by atoms with Crippen molar-refractivity contribution in [2.75, 3.05) is 12.0 Å². The van der Waals surface area contributed by atoms with Gasteiger partial charge in [-0.1, -0.05) is 0 Å². The summed E-state index contributed by atoms with van der Waals surface area (Å²) in [7, 11) is -3.36. The van der Waals surface area contributed by atoms with Gasteiger partial charge in [-0.3, -0.25) is 4.57 Å². The maximum atomic E-state index is 11.4. The Kier molecular flexibility index (Phi) is 3.18. The molecule has 2 aromatic rings. The highest BCUT2D eigenvalue weighted by Gasteiger charge is 2.15. The number of benzene rings is 1. The lowest BCUT2D eigenvalue weighted by Crippen LogP contribution is -2.04. The van der Waals surface area contributed by atoms with Crippen molar-refractivity contribution >= 4 is 15.5 Å². The highest BCUT2D eigenvalue weighted by molar-refractivity contribution is 7.90. The molecule has 0 aliphatic carbocycles. The number of hydrogen-bond donors (Lipinski definition) is 1. The second-order valence-corrected chi connectivity index (χ2v) is 6.04. The summed E-state index contributed by atoms with van der Waals surface area (Å²) in [5, 5.41) is 17.9. The topological polar surface area (TPSA) is 126 Å². The van der Waals surface area contributed by atoms with E-state index in [1.54, 1.807) is 6.07 Å². The van der Waals surface area contributed by atoms with Gasteiger partial charge in [-0.15, -0.1) is 0 Å². The SMILES string of the molecule is CS(=O)(=O)c1ccc(-n2cnc(C#N)c2C#N)c(N)c1. The zero-order valence-corrected chi connectivity index (χ0v) is 11.2. The van der Waals surface area contributed by atoms with Crippen LogP contribution in [0.3, 0.4) is 0 Å². The number of hydrogen-bond acceptors (Lipinski definition) is 6. The summed E-state index contributed by atoms with van der Waals surface area (Å²) in [5.74, 6) is 0. The van der Waals surface area contributed by atoms with Gasteiger partial charge >= 0.3 is 0 Å². The van der Waals surface area contributed by atoms with Gasteiger partial charge in [0.05, 0.1) is 16.3 Å². The summed E-state index contributed by atoms with van der Waals surface area (Å²) >= 11 is 0. The average Bonchev–Trinajstić information content (AvgIpc) is 2.80. The minimum Gasteiger partial charge on any atom is -0.397 e. The molecule has 0 fully saturated rings. The zero-order chi connectivity index (χ0) is 14.9. The Morgan fingerprint density at radius 2 is 2.00 bits per heavy atom. The number of nitrogen functional groups attached to an aromatic ring is 1. The first kappa shape index (κ1) is 13.6. The lowest BCUT2D eigenvalue weighted by atomic mass is 10.2. The summed E-state index contributed by atoms with van der Waals surface area (Å²) < 4.78 is 24.2. The van der Waals surface area contributed by atoms with Crippen LogP contribution in [0, 0.1) is 22.7 Å². The van der Waals surface area contributed by atoms with Crippen LogP contribution in [0.2, 0.25) is 0 Å². The molecule has 0 bridgehead atoms. The predicted molar refractivity (Wildman–Crippen MR) is 70.5 cm³/mol. The minimum absolute atomic E-state index is 0.0147. The number of nitrogens with zero attached hydrogens (tertiary/aromatic N) is 4. The molecule has 20 heavy (non-hydrogen) atoms. The van der Waals surface area contributed by atoms with Crippen LogP contribution in [0.1, 0.15) is 11.4 Å². The quantitative estimate of drug-likeness (QED) is 0.806. The van der Waals surface area contributed by atoms with Gasteiger partial charge < -0.3 is 5.73 Å². The van der Waals surface area contributed by atoms with Crippen molar-refractivity contribution in [3.8, 4) is 17.8 Å². The molecule has 0 atom stereocenters. The molecule has 100 valence electrons. The fourth-order valence-corrected chi connectivity index (χ4v) is 2.36. The van der Waals surface area contributed by atoms with Crippen LogP contribution in [0.25, 0.3) is 5.69 Å². The van der Waals surface area contributed by atoms with Gasteiger partial charge in [-0.05, 0) is 18.2 Å². The standard InChI is InChI=1S/C12H9N5O2S/c1-20(18,19)8-2-3-11(9(15)4-8)17-7-16-10(5-13)12(17)6-14/h2-4,7H,15H2,1H3. The second-order valence-electron chi connectivity index (χ2n) is 4.03. The minimum atomic E-state index is -3.36.